The number of nitrogens with one attached hydrogen (secondary N) is 2. The molecule has 23 heavy (non-hydrogen) atoms. The van der Waals surface area contributed by atoms with Crippen molar-refractivity contribution in [2.45, 2.75) is 70.8 Å². The van der Waals surface area contributed by atoms with Crippen LogP contribution in [0.15, 0.2) is 4.99 Å². The number of rotatable bonds is 8. The Labute approximate surface area is 142 Å². The Bertz CT molecular complexity index is 372. The zero-order valence-electron chi connectivity index (χ0n) is 15.0. The maximum atomic E-state index is 4.85. The first-order chi connectivity index (χ1) is 11.3. The molecule has 0 aromatic heterocycles. The van der Waals surface area contributed by atoms with Gasteiger partial charge in [0.2, 0.25) is 0 Å². The van der Waals surface area contributed by atoms with Gasteiger partial charge in [0.05, 0.1) is 0 Å². The highest BCUT2D eigenvalue weighted by atomic mass is 15.2. The van der Waals surface area contributed by atoms with E-state index >= 15 is 0 Å². The Kier molecular flexibility index (Phi) is 6.61. The number of hydrogen-bond acceptors (Lipinski definition) is 2. The van der Waals surface area contributed by atoms with E-state index in [2.05, 4.69) is 22.5 Å². The molecule has 1 saturated heterocycles. The predicted molar refractivity (Wildman–Crippen MR) is 97.9 cm³/mol. The minimum atomic E-state index is 0.768. The quantitative estimate of drug-likeness (QED) is 0.410. The van der Waals surface area contributed by atoms with Crippen LogP contribution >= 0.6 is 0 Å². The fraction of sp³-hybridized carbons (Fsp3) is 0.947. The van der Waals surface area contributed by atoms with E-state index in [9.17, 15) is 0 Å². The van der Waals surface area contributed by atoms with E-state index in [1.165, 1.54) is 70.9 Å². The Morgan fingerprint density at radius 3 is 2.61 bits per heavy atom. The van der Waals surface area contributed by atoms with Crippen LogP contribution in [0, 0.1) is 11.8 Å². The van der Waals surface area contributed by atoms with Crippen molar-refractivity contribution in [2.75, 3.05) is 32.7 Å². The second-order valence-electron chi connectivity index (χ2n) is 7.82. The summed E-state index contributed by atoms with van der Waals surface area (Å²) in [7, 11) is 0. The summed E-state index contributed by atoms with van der Waals surface area (Å²) < 4.78 is 0. The largest absolute Gasteiger partial charge is 0.357 e. The molecule has 132 valence electrons. The fourth-order valence-corrected chi connectivity index (χ4v) is 4.24. The molecule has 1 atom stereocenters. The van der Waals surface area contributed by atoms with E-state index in [-0.39, 0.29) is 0 Å². The highest BCUT2D eigenvalue weighted by Gasteiger charge is 2.34. The van der Waals surface area contributed by atoms with E-state index in [4.69, 9.17) is 4.99 Å². The van der Waals surface area contributed by atoms with Gasteiger partial charge >= 0.3 is 0 Å². The summed E-state index contributed by atoms with van der Waals surface area (Å²) in [5.41, 5.74) is 0. The van der Waals surface area contributed by atoms with E-state index in [1.807, 2.05) is 0 Å². The van der Waals surface area contributed by atoms with Crippen LogP contribution in [0.25, 0.3) is 0 Å². The molecule has 0 aromatic rings. The fourth-order valence-electron chi connectivity index (χ4n) is 4.24. The summed E-state index contributed by atoms with van der Waals surface area (Å²) in [6.45, 7) is 7.74. The summed E-state index contributed by atoms with van der Waals surface area (Å²) in [4.78, 5) is 7.53. The SMILES string of the molecule is CCNC(=NCC1CCN(C2CC2)C1)NCCCC1CCCC1. The van der Waals surface area contributed by atoms with Crippen LogP contribution in [-0.4, -0.2) is 49.6 Å². The van der Waals surface area contributed by atoms with Crippen LogP contribution in [0.3, 0.4) is 0 Å². The van der Waals surface area contributed by atoms with E-state index in [0.717, 1.165) is 43.5 Å². The van der Waals surface area contributed by atoms with Crippen molar-refractivity contribution in [3.05, 3.63) is 0 Å². The molecular formula is C19H36N4. The lowest BCUT2D eigenvalue weighted by atomic mass is 10.0. The van der Waals surface area contributed by atoms with Gasteiger partial charge in [0.1, 0.15) is 0 Å². The molecule has 0 bridgehead atoms. The summed E-state index contributed by atoms with van der Waals surface area (Å²) >= 11 is 0. The second-order valence-corrected chi connectivity index (χ2v) is 7.82. The van der Waals surface area contributed by atoms with E-state index in [0.29, 0.717) is 0 Å². The molecule has 4 heteroatoms. The van der Waals surface area contributed by atoms with Crippen LogP contribution in [0.1, 0.15) is 64.7 Å². The van der Waals surface area contributed by atoms with Crippen molar-refractivity contribution in [3.63, 3.8) is 0 Å². The van der Waals surface area contributed by atoms with Gasteiger partial charge in [-0.05, 0) is 57.4 Å². The highest BCUT2D eigenvalue weighted by Crippen LogP contribution is 2.31. The predicted octanol–water partition coefficient (Wildman–Crippen LogP) is 3.00. The third kappa shape index (κ3) is 5.66. The van der Waals surface area contributed by atoms with Crippen molar-refractivity contribution in [3.8, 4) is 0 Å². The zero-order chi connectivity index (χ0) is 15.9. The first kappa shape index (κ1) is 17.1. The summed E-state index contributed by atoms with van der Waals surface area (Å²) in [5.74, 6) is 2.80. The molecule has 1 unspecified atom stereocenters. The Balaban J connectivity index is 1.33. The lowest BCUT2D eigenvalue weighted by molar-refractivity contribution is 0.315. The molecule has 2 N–H and O–H groups in total. The first-order valence-electron chi connectivity index (χ1n) is 10.1. The molecule has 0 radical (unpaired) electrons. The average Bonchev–Trinajstić information content (AvgIpc) is 3.09. The van der Waals surface area contributed by atoms with Gasteiger partial charge < -0.3 is 15.5 Å². The molecule has 1 aliphatic heterocycles. The Morgan fingerprint density at radius 2 is 1.87 bits per heavy atom. The van der Waals surface area contributed by atoms with Crippen molar-refractivity contribution in [2.24, 2.45) is 16.8 Å². The maximum Gasteiger partial charge on any atom is 0.191 e. The summed E-state index contributed by atoms with van der Waals surface area (Å²) in [5, 5.41) is 6.95. The van der Waals surface area contributed by atoms with Crippen LogP contribution < -0.4 is 10.6 Å². The van der Waals surface area contributed by atoms with Gasteiger partial charge in [-0.25, -0.2) is 0 Å². The lowest BCUT2D eigenvalue weighted by Crippen LogP contribution is -2.38. The standard InChI is InChI=1S/C19H36N4/c1-2-20-19(21-12-5-8-16-6-3-4-7-16)22-14-17-11-13-23(15-17)18-9-10-18/h16-18H,2-15H2,1H3,(H2,20,21,22). The van der Waals surface area contributed by atoms with Gasteiger partial charge in [-0.2, -0.15) is 0 Å². The molecule has 2 aliphatic carbocycles. The van der Waals surface area contributed by atoms with Crippen LogP contribution in [0.2, 0.25) is 0 Å². The topological polar surface area (TPSA) is 39.7 Å². The summed E-state index contributed by atoms with van der Waals surface area (Å²) in [6.07, 6.45) is 12.7. The third-order valence-corrected chi connectivity index (χ3v) is 5.79. The molecular weight excluding hydrogens is 284 g/mol. The number of likely N-dealkylation sites (tertiary alicyclic amines) is 1. The van der Waals surface area contributed by atoms with Crippen molar-refractivity contribution in [1.82, 2.24) is 15.5 Å². The van der Waals surface area contributed by atoms with Gasteiger partial charge in [0.25, 0.3) is 0 Å². The van der Waals surface area contributed by atoms with Gasteiger partial charge in [-0.3, -0.25) is 4.99 Å². The number of aliphatic imine (C=N–C) groups is 1. The third-order valence-electron chi connectivity index (χ3n) is 5.79. The molecule has 3 rings (SSSR count). The maximum absolute atomic E-state index is 4.85. The molecule has 4 nitrogen and oxygen atoms in total. The molecule has 0 spiro atoms. The van der Waals surface area contributed by atoms with E-state index < -0.39 is 0 Å². The van der Waals surface area contributed by atoms with Gasteiger partial charge in [0, 0.05) is 32.2 Å². The first-order valence-corrected chi connectivity index (χ1v) is 10.1. The molecule has 0 amide bonds. The highest BCUT2D eigenvalue weighted by molar-refractivity contribution is 5.79. The minimum Gasteiger partial charge on any atom is -0.357 e. The lowest BCUT2D eigenvalue weighted by Gasteiger charge is -2.15. The number of hydrogen-bond donors (Lipinski definition) is 2. The van der Waals surface area contributed by atoms with Crippen LogP contribution in [0.4, 0.5) is 0 Å². The van der Waals surface area contributed by atoms with Crippen LogP contribution in [0.5, 0.6) is 0 Å². The van der Waals surface area contributed by atoms with Gasteiger partial charge in [0.15, 0.2) is 5.96 Å². The Morgan fingerprint density at radius 1 is 1.04 bits per heavy atom. The van der Waals surface area contributed by atoms with Crippen molar-refractivity contribution in [1.29, 1.82) is 0 Å². The average molecular weight is 321 g/mol. The molecule has 3 fully saturated rings. The van der Waals surface area contributed by atoms with Gasteiger partial charge in [-0.1, -0.05) is 25.7 Å². The normalized spacial score (nSPS) is 26.8. The number of nitrogens with zero attached hydrogens (tertiary/aromatic N) is 2. The second kappa shape index (κ2) is 8.91. The summed E-state index contributed by atoms with van der Waals surface area (Å²) in [6, 6.07) is 0.922. The van der Waals surface area contributed by atoms with E-state index in [1.54, 1.807) is 0 Å². The zero-order valence-corrected chi connectivity index (χ0v) is 15.0. The minimum absolute atomic E-state index is 0.768. The molecule has 1 heterocycles. The smallest absolute Gasteiger partial charge is 0.191 e. The van der Waals surface area contributed by atoms with Gasteiger partial charge in [-0.15, -0.1) is 0 Å². The number of guanidine groups is 1. The molecule has 0 aromatic carbocycles. The Hall–Kier alpha value is -0.770. The molecule has 3 aliphatic rings. The van der Waals surface area contributed by atoms with Crippen LogP contribution in [-0.2, 0) is 0 Å². The molecule has 2 saturated carbocycles. The van der Waals surface area contributed by atoms with Crippen molar-refractivity contribution < 1.29 is 0 Å². The van der Waals surface area contributed by atoms with Crippen molar-refractivity contribution >= 4 is 5.96 Å². The monoisotopic (exact) mass is 320 g/mol.